The number of halogens is 5. The summed E-state index contributed by atoms with van der Waals surface area (Å²) in [6, 6.07) is 19.6. The third-order valence-electron chi connectivity index (χ3n) is 9.34. The molecule has 4 N–H and O–H groups in total. The number of ether oxygens (including phenoxy) is 2. The average molecular weight is 997 g/mol. The van der Waals surface area contributed by atoms with Crippen molar-refractivity contribution in [2.24, 2.45) is 20.5 Å². The predicted molar refractivity (Wildman–Crippen MR) is 255 cm³/mol. The van der Waals surface area contributed by atoms with Crippen molar-refractivity contribution in [1.29, 1.82) is 0 Å². The van der Waals surface area contributed by atoms with Crippen molar-refractivity contribution in [3.05, 3.63) is 129 Å². The number of methoxy groups -OCH3 is 2. The van der Waals surface area contributed by atoms with Crippen molar-refractivity contribution in [2.45, 2.75) is 43.6 Å². The van der Waals surface area contributed by atoms with E-state index in [-0.39, 0.29) is 61.6 Å². The maximum Gasteiger partial charge on any atom is 0.258 e. The first-order valence-corrected chi connectivity index (χ1v) is 21.8. The highest BCUT2D eigenvalue weighted by Gasteiger charge is 2.26. The average Bonchev–Trinajstić information content (AvgIpc) is 3.30. The second kappa shape index (κ2) is 23.7. The Labute approximate surface area is 403 Å². The van der Waals surface area contributed by atoms with Gasteiger partial charge in [-0.25, -0.2) is 0 Å². The third kappa shape index (κ3) is 13.1. The molecule has 0 aliphatic rings. The van der Waals surface area contributed by atoms with Gasteiger partial charge in [-0.15, -0.1) is 34.8 Å². The number of Topliss-reactive ketones (excluding diaryl/α,β-unsaturated/α-hetero) is 2. The molecule has 0 spiro atoms. The summed E-state index contributed by atoms with van der Waals surface area (Å²) in [6.45, 7) is 2.31. The molecule has 0 radical (unpaired) electrons. The molecule has 342 valence electrons. The predicted octanol–water partition coefficient (Wildman–Crippen LogP) is 11.1. The Hall–Kier alpha value is -6.43. The van der Waals surface area contributed by atoms with Gasteiger partial charge in [0, 0.05) is 29.0 Å². The quantitative estimate of drug-likeness (QED) is 0.0353. The molecule has 5 aromatic rings. The smallest absolute Gasteiger partial charge is 0.258 e. The largest absolute Gasteiger partial charge is 0.495 e. The van der Waals surface area contributed by atoms with Crippen LogP contribution in [-0.4, -0.2) is 61.5 Å². The van der Waals surface area contributed by atoms with E-state index >= 15 is 0 Å². The Morgan fingerprint density at radius 3 is 1.38 bits per heavy atom. The van der Waals surface area contributed by atoms with E-state index < -0.39 is 47.3 Å². The summed E-state index contributed by atoms with van der Waals surface area (Å²) in [7, 11) is 2.90. The Kier molecular flexibility index (Phi) is 18.1. The van der Waals surface area contributed by atoms with E-state index in [9.17, 15) is 28.8 Å². The number of rotatable bonds is 19. The Morgan fingerprint density at radius 2 is 0.970 bits per heavy atom. The fraction of sp³-hybridized carbons (Fsp3) is 0.200. The van der Waals surface area contributed by atoms with Crippen LogP contribution in [0.2, 0.25) is 10.0 Å². The van der Waals surface area contributed by atoms with E-state index in [1.807, 2.05) is 0 Å². The lowest BCUT2D eigenvalue weighted by atomic mass is 10.1. The number of hydrogen-bond donors (Lipinski definition) is 4. The normalized spacial score (nSPS) is 12.0. The van der Waals surface area contributed by atoms with Gasteiger partial charge in [-0.05, 0) is 109 Å². The number of carbonyl (C=O) groups is 6. The van der Waals surface area contributed by atoms with Gasteiger partial charge in [0.25, 0.3) is 23.6 Å². The van der Waals surface area contributed by atoms with E-state index in [0.29, 0.717) is 28.4 Å². The molecule has 0 aliphatic heterocycles. The van der Waals surface area contributed by atoms with Gasteiger partial charge in [0.15, 0.2) is 11.6 Å². The van der Waals surface area contributed by atoms with Gasteiger partial charge >= 0.3 is 0 Å². The Balaban J connectivity index is 1.26. The maximum atomic E-state index is 13.4. The number of nitrogens with one attached hydrogen (secondary N) is 4. The molecule has 0 aliphatic carbocycles. The Morgan fingerprint density at radius 1 is 0.530 bits per heavy atom. The van der Waals surface area contributed by atoms with Crippen LogP contribution < -0.4 is 30.7 Å². The summed E-state index contributed by atoms with van der Waals surface area (Å²) in [4.78, 5) is 78.4. The highest BCUT2D eigenvalue weighted by atomic mass is 35.5. The number of nitrogens with zero attached hydrogens (tertiary/aromatic N) is 4. The molecule has 2 unspecified atom stereocenters. The molecule has 66 heavy (non-hydrogen) atoms. The molecule has 0 bridgehead atoms. The lowest BCUT2D eigenvalue weighted by molar-refractivity contribution is -0.127. The topological polar surface area (TPSA) is 218 Å². The van der Waals surface area contributed by atoms with Crippen LogP contribution in [-0.2, 0) is 36.8 Å². The van der Waals surface area contributed by atoms with Gasteiger partial charge in [0.05, 0.1) is 58.1 Å². The molecule has 0 fully saturated rings. The first-order chi connectivity index (χ1) is 31.6. The summed E-state index contributed by atoms with van der Waals surface area (Å²) in [5, 5.41) is 26.9. The van der Waals surface area contributed by atoms with Crippen LogP contribution in [0.4, 0.5) is 34.1 Å². The molecule has 16 nitrogen and oxygen atoms in total. The van der Waals surface area contributed by atoms with Crippen LogP contribution in [0, 0.1) is 0 Å². The molecular weight excluding hydrogens is 958 g/mol. The minimum absolute atomic E-state index is 0.0298. The van der Waals surface area contributed by atoms with Crippen LogP contribution in [0.15, 0.2) is 111 Å². The lowest BCUT2D eigenvalue weighted by Gasteiger charge is -2.15. The summed E-state index contributed by atoms with van der Waals surface area (Å²) in [5.74, 6) is -3.08. The summed E-state index contributed by atoms with van der Waals surface area (Å²) in [5.41, 5.74) is 3.28. The molecule has 5 aromatic carbocycles. The molecular formula is C45H39Cl5N8O8. The zero-order valence-corrected chi connectivity index (χ0v) is 39.2. The highest BCUT2D eigenvalue weighted by Crippen LogP contribution is 2.32. The SMILES string of the molecule is COc1cc(CCl)ccc1NC(=O)c1cc(N=NC(C(C)=O)C(=O)Nc2ccc(NC(=O)C(N=Nc3ccc(Cl)c(C(=O)Nc4ccc(CCl)cc4OC)c3)C(C)=O)c(CCl)c2)ccc1Cl. The van der Waals surface area contributed by atoms with Gasteiger partial charge < -0.3 is 30.7 Å². The summed E-state index contributed by atoms with van der Waals surface area (Å²) in [6.07, 6.45) is 0. The van der Waals surface area contributed by atoms with E-state index in [0.717, 1.165) is 25.0 Å². The van der Waals surface area contributed by atoms with Gasteiger partial charge in [-0.1, -0.05) is 35.3 Å². The van der Waals surface area contributed by atoms with E-state index in [4.69, 9.17) is 67.5 Å². The van der Waals surface area contributed by atoms with Gasteiger partial charge in [0.2, 0.25) is 12.1 Å². The third-order valence-corrected chi connectivity index (χ3v) is 10.9. The van der Waals surface area contributed by atoms with Crippen molar-refractivity contribution >= 4 is 127 Å². The number of ketones is 2. The van der Waals surface area contributed by atoms with Crippen LogP contribution in [0.3, 0.4) is 0 Å². The van der Waals surface area contributed by atoms with Crippen molar-refractivity contribution in [3.8, 4) is 11.5 Å². The van der Waals surface area contributed by atoms with E-state index in [2.05, 4.69) is 41.7 Å². The number of amides is 4. The summed E-state index contributed by atoms with van der Waals surface area (Å²) < 4.78 is 10.7. The summed E-state index contributed by atoms with van der Waals surface area (Å²) >= 11 is 30.7. The first kappa shape index (κ1) is 50.6. The minimum atomic E-state index is -1.62. The number of benzene rings is 5. The molecule has 0 heterocycles. The fourth-order valence-electron chi connectivity index (χ4n) is 5.92. The Bertz CT molecular complexity index is 2750. The monoisotopic (exact) mass is 994 g/mol. The molecule has 0 aromatic heterocycles. The van der Waals surface area contributed by atoms with E-state index in [1.165, 1.54) is 68.8 Å². The number of azo groups is 2. The van der Waals surface area contributed by atoms with Crippen molar-refractivity contribution < 1.29 is 38.2 Å². The lowest BCUT2D eigenvalue weighted by Crippen LogP contribution is -2.32. The van der Waals surface area contributed by atoms with Crippen LogP contribution >= 0.6 is 58.0 Å². The molecule has 4 amide bonds. The van der Waals surface area contributed by atoms with Gasteiger partial charge in [-0.2, -0.15) is 20.5 Å². The van der Waals surface area contributed by atoms with Crippen molar-refractivity contribution in [3.63, 3.8) is 0 Å². The standard InChI is InChI=1S/C45H39Cl5N8O8/c1-23(59)40(57-55-29-7-10-33(49)31(18-29)42(61)53-36-12-5-25(20-46)15-38(36)65-3)44(63)51-28-9-14-35(27(17-28)22-48)52-45(64)41(24(2)60)58-56-30-8-11-34(50)32(19-30)43(62)54-37-13-6-26(21-47)16-39(37)66-4/h5-19,40-41H,20-22H2,1-4H3,(H,51,63)(H,52,64)(H,53,61)(H,54,62). The van der Waals surface area contributed by atoms with Crippen molar-refractivity contribution in [2.75, 3.05) is 35.5 Å². The minimum Gasteiger partial charge on any atom is -0.495 e. The molecule has 2 atom stereocenters. The van der Waals surface area contributed by atoms with Crippen LogP contribution in [0.1, 0.15) is 51.3 Å². The number of hydrogen-bond acceptors (Lipinski definition) is 12. The van der Waals surface area contributed by atoms with Gasteiger partial charge in [0.1, 0.15) is 11.5 Å². The van der Waals surface area contributed by atoms with Gasteiger partial charge in [-0.3, -0.25) is 28.8 Å². The first-order valence-electron chi connectivity index (χ1n) is 19.4. The highest BCUT2D eigenvalue weighted by molar-refractivity contribution is 6.35. The zero-order valence-electron chi connectivity index (χ0n) is 35.4. The van der Waals surface area contributed by atoms with Crippen LogP contribution in [0.25, 0.3) is 0 Å². The molecule has 0 saturated carbocycles. The number of carbonyl (C=O) groups excluding carboxylic acids is 6. The van der Waals surface area contributed by atoms with E-state index in [1.54, 1.807) is 36.4 Å². The molecule has 0 saturated heterocycles. The zero-order chi connectivity index (χ0) is 48.1. The second-order valence-corrected chi connectivity index (χ2v) is 15.6. The van der Waals surface area contributed by atoms with Crippen LogP contribution in [0.5, 0.6) is 11.5 Å². The van der Waals surface area contributed by atoms with Crippen molar-refractivity contribution in [1.82, 2.24) is 0 Å². The number of alkyl halides is 3. The second-order valence-electron chi connectivity index (χ2n) is 14.0. The fourth-order valence-corrected chi connectivity index (χ4v) is 6.88. The molecule has 5 rings (SSSR count). The number of anilines is 4. The maximum absolute atomic E-state index is 13.4. The molecule has 21 heteroatoms.